The minimum absolute atomic E-state index is 0.0954. The van der Waals surface area contributed by atoms with E-state index in [1.54, 1.807) is 18.2 Å². The minimum Gasteiger partial charge on any atom is -0.495 e. The Hall–Kier alpha value is -3.48. The van der Waals surface area contributed by atoms with Gasteiger partial charge < -0.3 is 24.0 Å². The van der Waals surface area contributed by atoms with Crippen LogP contribution in [-0.4, -0.2) is 71.9 Å². The van der Waals surface area contributed by atoms with Crippen LogP contribution in [0.1, 0.15) is 41.6 Å². The van der Waals surface area contributed by atoms with Crippen molar-refractivity contribution in [3.8, 4) is 16.9 Å². The van der Waals surface area contributed by atoms with E-state index in [4.69, 9.17) is 14.2 Å². The maximum Gasteiger partial charge on any atom is 0.411 e. The summed E-state index contributed by atoms with van der Waals surface area (Å²) >= 11 is 2.53. The molecule has 0 unspecified atom stereocenters. The SMILES string of the molecule is COc1cc(C=O)ccc1NC(=O)CCCc1ccc(-c2ccccc2)c(NC(=O)O[C@H]2C[C@H]3[C@@H]4O[C@H]4[C@](I)(C2)[N+]3(C)C)c1. The topological polar surface area (TPSA) is 106 Å². The number of hydrogen-bond donors (Lipinski definition) is 2. The molecular weight excluding hydrogens is 673 g/mol. The summed E-state index contributed by atoms with van der Waals surface area (Å²) in [5, 5.41) is 5.91. The van der Waals surface area contributed by atoms with Crippen molar-refractivity contribution >= 4 is 52.3 Å². The zero-order valence-electron chi connectivity index (χ0n) is 25.0. The molecule has 3 saturated heterocycles. The lowest BCUT2D eigenvalue weighted by atomic mass is 9.96. The van der Waals surface area contributed by atoms with Crippen molar-refractivity contribution in [1.29, 1.82) is 0 Å². The number of benzene rings is 3. The Morgan fingerprint density at radius 2 is 1.86 bits per heavy atom. The normalized spacial score (nSPS) is 25.8. The van der Waals surface area contributed by atoms with E-state index in [1.165, 1.54) is 7.11 Å². The second-order valence-corrected chi connectivity index (χ2v) is 14.1. The van der Waals surface area contributed by atoms with Crippen LogP contribution < -0.4 is 15.4 Å². The van der Waals surface area contributed by atoms with Gasteiger partial charge in [-0.05, 0) is 70.8 Å². The molecule has 3 aromatic rings. The quantitative estimate of drug-likeness (QED) is 0.0649. The summed E-state index contributed by atoms with van der Waals surface area (Å²) in [7, 11) is 6.01. The molecule has 0 saturated carbocycles. The molecule has 0 aromatic heterocycles. The lowest BCUT2D eigenvalue weighted by Gasteiger charge is -2.50. The van der Waals surface area contributed by atoms with Crippen LogP contribution in [0.5, 0.6) is 5.75 Å². The predicted octanol–water partition coefficient (Wildman–Crippen LogP) is 6.20. The van der Waals surface area contributed by atoms with Crippen LogP contribution >= 0.6 is 22.6 Å². The van der Waals surface area contributed by atoms with Gasteiger partial charge in [0, 0.05) is 24.0 Å². The molecular formula is C34H37IN3O6+. The summed E-state index contributed by atoms with van der Waals surface area (Å²) in [6, 6.07) is 21.1. The van der Waals surface area contributed by atoms with Gasteiger partial charge in [-0.2, -0.15) is 0 Å². The summed E-state index contributed by atoms with van der Waals surface area (Å²) in [5.41, 5.74) is 4.55. The van der Waals surface area contributed by atoms with Gasteiger partial charge in [-0.25, -0.2) is 4.79 Å². The maximum atomic E-state index is 13.3. The number of aryl methyl sites for hydroxylation is 1. The molecule has 10 heteroatoms. The number of fused-ring (bicyclic) bond motifs is 5. The molecule has 5 atom stereocenters. The molecule has 230 valence electrons. The Morgan fingerprint density at radius 3 is 2.59 bits per heavy atom. The lowest BCUT2D eigenvalue weighted by Crippen LogP contribution is -2.65. The molecule has 44 heavy (non-hydrogen) atoms. The zero-order chi connectivity index (χ0) is 31.1. The van der Waals surface area contributed by atoms with Crippen molar-refractivity contribution < 1.29 is 33.1 Å². The number of methoxy groups -OCH3 is 1. The Labute approximate surface area is 271 Å². The molecule has 2 N–H and O–H groups in total. The number of epoxide rings is 1. The summed E-state index contributed by atoms with van der Waals surface area (Å²) in [5.74, 6) is 0.286. The van der Waals surface area contributed by atoms with Gasteiger partial charge in [0.05, 0.1) is 39.0 Å². The first kappa shape index (κ1) is 30.5. The molecule has 3 aliphatic heterocycles. The van der Waals surface area contributed by atoms with Crippen LogP contribution in [0.2, 0.25) is 0 Å². The Balaban J connectivity index is 1.10. The van der Waals surface area contributed by atoms with Crippen LogP contribution in [0.3, 0.4) is 0 Å². The van der Waals surface area contributed by atoms with Gasteiger partial charge in [-0.3, -0.25) is 14.9 Å². The molecule has 3 fully saturated rings. The number of anilines is 2. The second kappa shape index (κ2) is 12.1. The number of aldehydes is 1. The standard InChI is InChI=1S/C34H36IN3O6/c1-38(2)28-18-24(19-34(38,35)32-31(28)44-32)43-33(41)37-27-16-21(12-14-25(27)23-9-5-4-6-10-23)8-7-11-30(40)36-26-15-13-22(20-39)17-29(26)42-3/h4-6,9-10,12-17,20,24,28,31-32H,7-8,11,18-19H2,1-3H3,(H-,36,37,39,40,41)/p+1/t24-,28-,31-,32+,34-/m0/s1. The Bertz CT molecular complexity index is 1580. The summed E-state index contributed by atoms with van der Waals surface area (Å²) in [6.45, 7) is 0. The van der Waals surface area contributed by atoms with Crippen molar-refractivity contribution in [2.45, 2.75) is 60.0 Å². The average molecular weight is 711 g/mol. The molecule has 3 heterocycles. The van der Waals surface area contributed by atoms with E-state index in [0.717, 1.165) is 40.3 Å². The highest BCUT2D eigenvalue weighted by atomic mass is 127. The lowest BCUT2D eigenvalue weighted by molar-refractivity contribution is -0.943. The highest BCUT2D eigenvalue weighted by Gasteiger charge is 2.78. The van der Waals surface area contributed by atoms with Crippen LogP contribution in [-0.2, 0) is 20.7 Å². The maximum absolute atomic E-state index is 13.3. The molecule has 9 nitrogen and oxygen atoms in total. The van der Waals surface area contributed by atoms with Gasteiger partial charge in [-0.1, -0.05) is 42.5 Å². The monoisotopic (exact) mass is 710 g/mol. The van der Waals surface area contributed by atoms with Crippen molar-refractivity contribution in [1.82, 2.24) is 0 Å². The van der Waals surface area contributed by atoms with Gasteiger partial charge in [0.15, 0.2) is 9.65 Å². The first-order valence-electron chi connectivity index (χ1n) is 14.9. The first-order valence-corrected chi connectivity index (χ1v) is 16.0. The van der Waals surface area contributed by atoms with Crippen molar-refractivity contribution in [3.05, 3.63) is 77.9 Å². The number of hydrogen-bond acceptors (Lipinski definition) is 6. The fourth-order valence-corrected chi connectivity index (χ4v) is 8.17. The third-order valence-electron chi connectivity index (χ3n) is 9.33. The summed E-state index contributed by atoms with van der Waals surface area (Å²) in [6.07, 6.45) is 3.68. The number of nitrogens with zero attached hydrogens (tertiary/aromatic N) is 1. The highest BCUT2D eigenvalue weighted by Crippen LogP contribution is 2.61. The predicted molar refractivity (Wildman–Crippen MR) is 176 cm³/mol. The molecule has 0 spiro atoms. The van der Waals surface area contributed by atoms with E-state index < -0.39 is 6.09 Å². The number of carbonyl (C=O) groups excluding carboxylic acids is 3. The fraction of sp³-hybridized carbons (Fsp3) is 0.382. The van der Waals surface area contributed by atoms with Crippen LogP contribution in [0, 0.1) is 0 Å². The third-order valence-corrected chi connectivity index (χ3v) is 11.6. The molecule has 2 bridgehead atoms. The molecule has 3 aliphatic rings. The van der Waals surface area contributed by atoms with E-state index in [-0.39, 0.29) is 27.8 Å². The number of carbonyl (C=O) groups is 3. The van der Waals surface area contributed by atoms with Crippen LogP contribution in [0.25, 0.3) is 11.1 Å². The molecule has 3 aromatic carbocycles. The van der Waals surface area contributed by atoms with Gasteiger partial charge in [0.2, 0.25) is 5.91 Å². The number of nitrogens with one attached hydrogen (secondary N) is 2. The van der Waals surface area contributed by atoms with Crippen LogP contribution in [0.4, 0.5) is 16.2 Å². The minimum atomic E-state index is -0.459. The van der Waals surface area contributed by atoms with E-state index >= 15 is 0 Å². The number of rotatable bonds is 10. The van der Waals surface area contributed by atoms with E-state index in [0.29, 0.717) is 48.0 Å². The number of morpholine rings is 1. The van der Waals surface area contributed by atoms with E-state index in [9.17, 15) is 14.4 Å². The van der Waals surface area contributed by atoms with E-state index in [1.807, 2.05) is 48.5 Å². The number of likely N-dealkylation sites (N-methyl/N-ethyl adjacent to an activating group) is 1. The van der Waals surface area contributed by atoms with Gasteiger partial charge in [0.25, 0.3) is 0 Å². The smallest absolute Gasteiger partial charge is 0.411 e. The third kappa shape index (κ3) is 5.82. The summed E-state index contributed by atoms with van der Waals surface area (Å²) in [4.78, 5) is 37.0. The van der Waals surface area contributed by atoms with Gasteiger partial charge >= 0.3 is 6.09 Å². The molecule has 0 radical (unpaired) electrons. The Morgan fingerprint density at radius 1 is 1.07 bits per heavy atom. The zero-order valence-corrected chi connectivity index (χ0v) is 27.2. The van der Waals surface area contributed by atoms with Crippen LogP contribution in [0.15, 0.2) is 66.7 Å². The number of amides is 2. The number of alkyl halides is 1. The highest BCUT2D eigenvalue weighted by molar-refractivity contribution is 14.1. The van der Waals surface area contributed by atoms with E-state index in [2.05, 4.69) is 47.3 Å². The van der Waals surface area contributed by atoms with Gasteiger partial charge in [0.1, 0.15) is 30.3 Å². The number of piperidine rings is 1. The second-order valence-electron chi connectivity index (χ2n) is 12.3. The van der Waals surface area contributed by atoms with Crippen molar-refractivity contribution in [3.63, 3.8) is 0 Å². The fourth-order valence-electron chi connectivity index (χ4n) is 6.81. The largest absolute Gasteiger partial charge is 0.495 e. The number of quaternary nitrogens is 1. The number of halogens is 1. The Kier molecular flexibility index (Phi) is 8.42. The van der Waals surface area contributed by atoms with Gasteiger partial charge in [-0.15, -0.1) is 0 Å². The molecule has 2 amide bonds. The number of ether oxygens (including phenoxy) is 3. The molecule has 6 rings (SSSR count). The summed E-state index contributed by atoms with van der Waals surface area (Å²) < 4.78 is 18.1. The average Bonchev–Trinajstić information content (AvgIpc) is 3.80. The van der Waals surface area contributed by atoms with Crippen molar-refractivity contribution in [2.24, 2.45) is 0 Å². The molecule has 0 aliphatic carbocycles. The van der Waals surface area contributed by atoms with Crippen molar-refractivity contribution in [2.75, 3.05) is 31.8 Å². The first-order chi connectivity index (χ1) is 21.1.